The summed E-state index contributed by atoms with van der Waals surface area (Å²) >= 11 is 0. The highest BCUT2D eigenvalue weighted by molar-refractivity contribution is 5.69. The summed E-state index contributed by atoms with van der Waals surface area (Å²) in [6, 6.07) is 15.4. The first-order chi connectivity index (χ1) is 8.33. The van der Waals surface area contributed by atoms with Gasteiger partial charge in [0.1, 0.15) is 11.3 Å². The first-order valence-corrected chi connectivity index (χ1v) is 5.28. The van der Waals surface area contributed by atoms with Crippen LogP contribution in [0.1, 0.15) is 0 Å². The van der Waals surface area contributed by atoms with E-state index in [2.05, 4.69) is 0 Å². The zero-order valence-electron chi connectivity index (χ0n) is 9.84. The summed E-state index contributed by atoms with van der Waals surface area (Å²) in [7, 11) is 3.30. The van der Waals surface area contributed by atoms with Gasteiger partial charge in [0.25, 0.3) is 0 Å². The first kappa shape index (κ1) is 11.3. The van der Waals surface area contributed by atoms with Gasteiger partial charge in [0.2, 0.25) is 0 Å². The fourth-order valence-electron chi connectivity index (χ4n) is 1.48. The van der Waals surface area contributed by atoms with Gasteiger partial charge in [-0.1, -0.05) is 18.2 Å². The molecule has 2 bridgehead atoms. The number of hydrogen-bond donors (Lipinski definition) is 0. The summed E-state index contributed by atoms with van der Waals surface area (Å²) in [5, 5.41) is 0. The van der Waals surface area contributed by atoms with E-state index in [1.807, 2.05) is 48.5 Å². The van der Waals surface area contributed by atoms with Gasteiger partial charge in [-0.3, -0.25) is 0 Å². The van der Waals surface area contributed by atoms with E-state index >= 15 is 0 Å². The Hall–Kier alpha value is -2.16. The van der Waals surface area contributed by atoms with Crippen molar-refractivity contribution in [2.75, 3.05) is 14.2 Å². The van der Waals surface area contributed by atoms with Gasteiger partial charge < -0.3 is 13.9 Å². The third-order valence-corrected chi connectivity index (χ3v) is 2.34. The van der Waals surface area contributed by atoms with Gasteiger partial charge >= 0.3 is 0 Å². The third-order valence-electron chi connectivity index (χ3n) is 2.34. The molecule has 0 unspecified atom stereocenters. The molecule has 0 aliphatic rings. The lowest BCUT2D eigenvalue weighted by Gasteiger charge is -1.93. The maximum Gasteiger partial charge on any atom is 0.169 e. The van der Waals surface area contributed by atoms with Crippen molar-refractivity contribution in [2.45, 2.75) is 0 Å². The van der Waals surface area contributed by atoms with Crippen LogP contribution in [0.4, 0.5) is 0 Å². The van der Waals surface area contributed by atoms with Gasteiger partial charge in [-0.2, -0.15) is 0 Å². The Balaban J connectivity index is 0.000000128. The van der Waals surface area contributed by atoms with E-state index in [4.69, 9.17) is 13.9 Å². The molecule has 3 aromatic rings. The third kappa shape index (κ3) is 2.69. The Morgan fingerprint density at radius 3 is 2.00 bits per heavy atom. The molecule has 2 heterocycles. The summed E-state index contributed by atoms with van der Waals surface area (Å²) in [4.78, 5) is 0. The second-order valence-corrected chi connectivity index (χ2v) is 3.43. The molecule has 0 spiro atoms. The molecular weight excluding hydrogens is 216 g/mol. The number of furan rings is 2. The van der Waals surface area contributed by atoms with Gasteiger partial charge in [0.05, 0.1) is 14.2 Å². The number of benzene rings is 2. The minimum atomic E-state index is 0.826. The summed E-state index contributed by atoms with van der Waals surface area (Å²) in [5.41, 5.74) is 1.70. The molecule has 3 rings (SSSR count). The number of para-hydroxylation sites is 1. The van der Waals surface area contributed by atoms with Crippen molar-refractivity contribution in [1.82, 2.24) is 0 Å². The molecule has 3 heteroatoms. The zero-order chi connectivity index (χ0) is 12.1. The van der Waals surface area contributed by atoms with Gasteiger partial charge in [0.15, 0.2) is 11.3 Å². The maximum absolute atomic E-state index is 5.18. The lowest BCUT2D eigenvalue weighted by molar-refractivity contribution is 0.415. The molecule has 17 heavy (non-hydrogen) atoms. The number of fused-ring (bicyclic) bond motifs is 2. The summed E-state index contributed by atoms with van der Waals surface area (Å²) < 4.78 is 15.1. The molecule has 0 aliphatic carbocycles. The van der Waals surface area contributed by atoms with Gasteiger partial charge in [-0.15, -0.1) is 0 Å². The Morgan fingerprint density at radius 2 is 1.65 bits per heavy atom. The molecule has 0 radical (unpaired) electrons. The van der Waals surface area contributed by atoms with Crippen LogP contribution < -0.4 is 9.47 Å². The normalized spacial score (nSPS) is 9.76. The van der Waals surface area contributed by atoms with Crippen LogP contribution in [0.25, 0.3) is 11.2 Å². The lowest BCUT2D eigenvalue weighted by Crippen LogP contribution is -1.78. The van der Waals surface area contributed by atoms with E-state index in [1.54, 1.807) is 14.2 Å². The molecule has 1 aromatic carbocycles. The quantitative estimate of drug-likeness (QED) is 0.674. The topological polar surface area (TPSA) is 31.6 Å². The van der Waals surface area contributed by atoms with Crippen molar-refractivity contribution < 1.29 is 13.9 Å². The number of methoxy groups -OCH3 is 2. The molecule has 3 nitrogen and oxygen atoms in total. The molecule has 0 saturated carbocycles. The van der Waals surface area contributed by atoms with Crippen LogP contribution in [0.2, 0.25) is 0 Å². The van der Waals surface area contributed by atoms with Crippen molar-refractivity contribution in [1.29, 1.82) is 0 Å². The van der Waals surface area contributed by atoms with E-state index in [0.717, 1.165) is 22.7 Å². The van der Waals surface area contributed by atoms with E-state index < -0.39 is 0 Å². The van der Waals surface area contributed by atoms with Crippen molar-refractivity contribution in [3.63, 3.8) is 0 Å². The van der Waals surface area contributed by atoms with E-state index in [-0.39, 0.29) is 0 Å². The average Bonchev–Trinajstić information content (AvgIpc) is 3.02. The Kier molecular flexibility index (Phi) is 3.50. The monoisotopic (exact) mass is 230 g/mol. The van der Waals surface area contributed by atoms with Crippen LogP contribution in [0, 0.1) is 0 Å². The molecule has 0 saturated heterocycles. The van der Waals surface area contributed by atoms with Crippen LogP contribution in [0.15, 0.2) is 52.9 Å². The van der Waals surface area contributed by atoms with Crippen molar-refractivity contribution in [3.05, 3.63) is 48.5 Å². The highest BCUT2D eigenvalue weighted by atomic mass is 16.5. The minimum absolute atomic E-state index is 0.826. The van der Waals surface area contributed by atoms with Crippen molar-refractivity contribution in [3.8, 4) is 11.5 Å². The van der Waals surface area contributed by atoms with Crippen LogP contribution in [-0.2, 0) is 0 Å². The minimum Gasteiger partial charge on any atom is -0.497 e. The van der Waals surface area contributed by atoms with E-state index in [9.17, 15) is 0 Å². The van der Waals surface area contributed by atoms with Crippen molar-refractivity contribution >= 4 is 11.2 Å². The number of rotatable bonds is 2. The molecule has 0 N–H and O–H groups in total. The number of hydrogen-bond acceptors (Lipinski definition) is 3. The highest BCUT2D eigenvalue weighted by Crippen LogP contribution is 2.27. The molecule has 0 fully saturated rings. The Morgan fingerprint density at radius 1 is 0.882 bits per heavy atom. The largest absolute Gasteiger partial charge is 0.497 e. The maximum atomic E-state index is 5.18. The van der Waals surface area contributed by atoms with Crippen molar-refractivity contribution in [2.24, 2.45) is 0 Å². The Labute approximate surface area is 99.9 Å². The predicted octanol–water partition coefficient (Wildman–Crippen LogP) is 3.57. The van der Waals surface area contributed by atoms with Gasteiger partial charge in [-0.05, 0) is 24.3 Å². The van der Waals surface area contributed by atoms with E-state index in [0.29, 0.717) is 0 Å². The molecule has 0 aliphatic heterocycles. The standard InChI is InChI=1S/C7H6O2.C7H8O/c1-8-7-4-5-2-3-6(7)9-5;1-8-7-5-3-2-4-6-7/h2-4H,1H3;2-6H,1H3. The first-order valence-electron chi connectivity index (χ1n) is 5.28. The second-order valence-electron chi connectivity index (χ2n) is 3.43. The molecule has 2 aromatic heterocycles. The fourth-order valence-corrected chi connectivity index (χ4v) is 1.48. The van der Waals surface area contributed by atoms with E-state index in [1.165, 1.54) is 0 Å². The zero-order valence-corrected chi connectivity index (χ0v) is 9.84. The van der Waals surface area contributed by atoms with Crippen LogP contribution in [0.3, 0.4) is 0 Å². The summed E-state index contributed by atoms with van der Waals surface area (Å²) in [5.74, 6) is 1.74. The Bertz CT molecular complexity index is 542. The van der Waals surface area contributed by atoms with Crippen LogP contribution in [0.5, 0.6) is 11.5 Å². The lowest BCUT2D eigenvalue weighted by atomic mass is 10.3. The summed E-state index contributed by atoms with van der Waals surface area (Å²) in [6.45, 7) is 0. The highest BCUT2D eigenvalue weighted by Gasteiger charge is 2.04. The molecule has 0 atom stereocenters. The van der Waals surface area contributed by atoms with Gasteiger partial charge in [-0.25, -0.2) is 0 Å². The van der Waals surface area contributed by atoms with Gasteiger partial charge in [0, 0.05) is 6.07 Å². The second kappa shape index (κ2) is 5.25. The number of ether oxygens (including phenoxy) is 2. The summed E-state index contributed by atoms with van der Waals surface area (Å²) in [6.07, 6.45) is 0. The SMILES string of the molecule is COc1cc2ccc1o2.COc1ccccc1. The fraction of sp³-hybridized carbons (Fsp3) is 0.143. The van der Waals surface area contributed by atoms with Crippen LogP contribution in [-0.4, -0.2) is 14.2 Å². The molecular formula is C14H14O3. The smallest absolute Gasteiger partial charge is 0.169 e. The average molecular weight is 230 g/mol. The van der Waals surface area contributed by atoms with Crippen LogP contribution >= 0.6 is 0 Å². The molecule has 88 valence electrons. The molecule has 0 amide bonds. The predicted molar refractivity (Wildman–Crippen MR) is 66.9 cm³/mol.